The molecule has 7 nitrogen and oxygen atoms in total. The first-order chi connectivity index (χ1) is 16.0. The van der Waals surface area contributed by atoms with Gasteiger partial charge in [-0.1, -0.05) is 23.7 Å². The van der Waals surface area contributed by atoms with Crippen LogP contribution in [0.5, 0.6) is 5.75 Å². The average Bonchev–Trinajstić information content (AvgIpc) is 2.80. The molecular weight excluding hydrogens is 438 g/mol. The third kappa shape index (κ3) is 6.21. The van der Waals surface area contributed by atoms with Crippen LogP contribution in [0, 0.1) is 0 Å². The molecule has 4 rings (SSSR count). The van der Waals surface area contributed by atoms with Gasteiger partial charge in [0.05, 0.1) is 19.2 Å². The number of carbonyl (C=O) groups is 1. The quantitative estimate of drug-likeness (QED) is 0.574. The molecule has 1 N–H and O–H groups in total. The van der Waals surface area contributed by atoms with Crippen molar-refractivity contribution in [3.8, 4) is 5.75 Å². The van der Waals surface area contributed by atoms with Crippen molar-refractivity contribution in [2.45, 2.75) is 12.8 Å². The first-order valence-corrected chi connectivity index (χ1v) is 11.3. The van der Waals surface area contributed by atoms with Crippen LogP contribution in [0.4, 0.5) is 11.5 Å². The second kappa shape index (κ2) is 10.6. The Labute approximate surface area is 199 Å². The zero-order chi connectivity index (χ0) is 23.2. The van der Waals surface area contributed by atoms with Gasteiger partial charge in [0, 0.05) is 54.9 Å². The van der Waals surface area contributed by atoms with E-state index in [1.54, 1.807) is 25.3 Å². The van der Waals surface area contributed by atoms with E-state index in [2.05, 4.69) is 56.4 Å². The number of likely N-dealkylation sites (N-methyl/N-ethyl adjacent to an activating group) is 1. The molecule has 0 radical (unpaired) electrons. The highest BCUT2D eigenvalue weighted by atomic mass is 35.5. The van der Waals surface area contributed by atoms with E-state index in [4.69, 9.17) is 16.3 Å². The zero-order valence-electron chi connectivity index (χ0n) is 18.9. The summed E-state index contributed by atoms with van der Waals surface area (Å²) in [7, 11) is 3.73. The predicted molar refractivity (Wildman–Crippen MR) is 131 cm³/mol. The molecule has 0 spiro atoms. The smallest absolute Gasteiger partial charge is 0.230 e. The number of aromatic nitrogens is 2. The molecule has 1 aliphatic heterocycles. The Kier molecular flexibility index (Phi) is 7.42. The molecule has 1 fully saturated rings. The molecule has 1 amide bonds. The third-order valence-electron chi connectivity index (χ3n) is 5.77. The minimum atomic E-state index is -0.197. The van der Waals surface area contributed by atoms with Crippen molar-refractivity contribution in [3.05, 3.63) is 76.7 Å². The molecule has 8 heteroatoms. The standard InChI is InChI=1S/C25H28ClN5O2/c1-30-9-11-31(12-10-30)22-6-3-18(4-7-22)13-21-16-24(28-17-27-21)29-25(32)15-19-14-20(26)5-8-23(19)33-2/h3-8,14,16-17H,9-13,15H2,1-2H3,(H,27,28,29,32). The van der Waals surface area contributed by atoms with Gasteiger partial charge in [-0.05, 0) is 42.9 Å². The lowest BCUT2D eigenvalue weighted by Crippen LogP contribution is -2.44. The molecule has 172 valence electrons. The normalized spacial score (nSPS) is 14.2. The zero-order valence-corrected chi connectivity index (χ0v) is 19.7. The number of ether oxygens (including phenoxy) is 1. The maximum Gasteiger partial charge on any atom is 0.230 e. The first kappa shape index (κ1) is 23.0. The van der Waals surface area contributed by atoms with Crippen molar-refractivity contribution in [2.24, 2.45) is 0 Å². The van der Waals surface area contributed by atoms with Gasteiger partial charge in [-0.25, -0.2) is 9.97 Å². The second-order valence-corrected chi connectivity index (χ2v) is 8.65. The van der Waals surface area contributed by atoms with Crippen molar-refractivity contribution < 1.29 is 9.53 Å². The Morgan fingerprint density at radius 2 is 1.82 bits per heavy atom. The van der Waals surface area contributed by atoms with Crippen LogP contribution in [0.3, 0.4) is 0 Å². The van der Waals surface area contributed by atoms with Crippen molar-refractivity contribution in [3.63, 3.8) is 0 Å². The van der Waals surface area contributed by atoms with Crippen LogP contribution in [-0.2, 0) is 17.6 Å². The number of benzene rings is 2. The number of amides is 1. The number of anilines is 2. The van der Waals surface area contributed by atoms with Gasteiger partial charge in [0.15, 0.2) is 0 Å². The van der Waals surface area contributed by atoms with E-state index >= 15 is 0 Å². The summed E-state index contributed by atoms with van der Waals surface area (Å²) in [4.78, 5) is 25.9. The van der Waals surface area contributed by atoms with Gasteiger partial charge >= 0.3 is 0 Å². The molecule has 0 unspecified atom stereocenters. The number of nitrogens with one attached hydrogen (secondary N) is 1. The van der Waals surface area contributed by atoms with Gasteiger partial charge in [0.2, 0.25) is 5.91 Å². The van der Waals surface area contributed by atoms with Gasteiger partial charge < -0.3 is 19.9 Å². The minimum Gasteiger partial charge on any atom is -0.496 e. The maximum absolute atomic E-state index is 12.6. The van der Waals surface area contributed by atoms with Crippen LogP contribution < -0.4 is 15.0 Å². The molecule has 0 aliphatic carbocycles. The van der Waals surface area contributed by atoms with Gasteiger partial charge in [-0.2, -0.15) is 0 Å². The molecule has 33 heavy (non-hydrogen) atoms. The topological polar surface area (TPSA) is 70.6 Å². The monoisotopic (exact) mass is 465 g/mol. The van der Waals surface area contributed by atoms with E-state index < -0.39 is 0 Å². The summed E-state index contributed by atoms with van der Waals surface area (Å²) in [6, 6.07) is 15.6. The number of hydrogen-bond acceptors (Lipinski definition) is 6. The van der Waals surface area contributed by atoms with Crippen LogP contribution in [0.25, 0.3) is 0 Å². The summed E-state index contributed by atoms with van der Waals surface area (Å²) in [5.74, 6) is 0.898. The molecule has 0 saturated carbocycles. The predicted octanol–water partition coefficient (Wildman–Crippen LogP) is 3.66. The largest absolute Gasteiger partial charge is 0.496 e. The van der Waals surface area contributed by atoms with E-state index in [0.717, 1.165) is 43.0 Å². The summed E-state index contributed by atoms with van der Waals surface area (Å²) < 4.78 is 5.32. The third-order valence-corrected chi connectivity index (χ3v) is 6.01. The summed E-state index contributed by atoms with van der Waals surface area (Å²) in [6.45, 7) is 4.26. The molecule has 0 bridgehead atoms. The number of rotatable bonds is 7. The lowest BCUT2D eigenvalue weighted by molar-refractivity contribution is -0.115. The number of methoxy groups -OCH3 is 1. The van der Waals surface area contributed by atoms with Crippen molar-refractivity contribution in [1.29, 1.82) is 0 Å². The molecule has 1 aliphatic rings. The molecule has 3 aromatic rings. The highest BCUT2D eigenvalue weighted by Crippen LogP contribution is 2.23. The van der Waals surface area contributed by atoms with Gasteiger partial charge in [0.1, 0.15) is 17.9 Å². The maximum atomic E-state index is 12.6. The van der Waals surface area contributed by atoms with Crippen LogP contribution in [0.2, 0.25) is 5.02 Å². The van der Waals surface area contributed by atoms with Crippen LogP contribution in [0.15, 0.2) is 54.9 Å². The summed E-state index contributed by atoms with van der Waals surface area (Å²) in [5.41, 5.74) is 3.97. The van der Waals surface area contributed by atoms with E-state index in [1.165, 1.54) is 12.0 Å². The van der Waals surface area contributed by atoms with Crippen molar-refractivity contribution in [1.82, 2.24) is 14.9 Å². The first-order valence-electron chi connectivity index (χ1n) is 11.0. The Balaban J connectivity index is 1.37. The second-order valence-electron chi connectivity index (χ2n) is 8.21. The number of hydrogen-bond donors (Lipinski definition) is 1. The average molecular weight is 466 g/mol. The van der Waals surface area contributed by atoms with Gasteiger partial charge in [-0.15, -0.1) is 0 Å². The molecule has 2 aromatic carbocycles. The Morgan fingerprint density at radius 1 is 1.06 bits per heavy atom. The SMILES string of the molecule is COc1ccc(Cl)cc1CC(=O)Nc1cc(Cc2ccc(N3CCN(C)CC3)cc2)ncn1. The molecular formula is C25H28ClN5O2. The molecule has 1 aromatic heterocycles. The minimum absolute atomic E-state index is 0.136. The Bertz CT molecular complexity index is 1100. The van der Waals surface area contributed by atoms with E-state index in [0.29, 0.717) is 23.0 Å². The van der Waals surface area contributed by atoms with Crippen LogP contribution in [0.1, 0.15) is 16.8 Å². The lowest BCUT2D eigenvalue weighted by atomic mass is 10.1. The van der Waals surface area contributed by atoms with E-state index in [-0.39, 0.29) is 12.3 Å². The number of halogens is 1. The summed E-state index contributed by atoms with van der Waals surface area (Å²) >= 11 is 6.06. The molecule has 0 atom stereocenters. The summed E-state index contributed by atoms with van der Waals surface area (Å²) in [6.07, 6.45) is 2.27. The number of piperazine rings is 1. The van der Waals surface area contributed by atoms with Crippen molar-refractivity contribution >= 4 is 29.0 Å². The Morgan fingerprint density at radius 3 is 2.55 bits per heavy atom. The van der Waals surface area contributed by atoms with Gasteiger partial charge in [0.25, 0.3) is 0 Å². The van der Waals surface area contributed by atoms with Crippen LogP contribution >= 0.6 is 11.6 Å². The highest BCUT2D eigenvalue weighted by Gasteiger charge is 2.14. The van der Waals surface area contributed by atoms with Crippen molar-refractivity contribution in [2.75, 3.05) is 50.6 Å². The fourth-order valence-electron chi connectivity index (χ4n) is 3.91. The molecule has 1 saturated heterocycles. The fourth-order valence-corrected chi connectivity index (χ4v) is 4.10. The lowest BCUT2D eigenvalue weighted by Gasteiger charge is -2.34. The number of carbonyl (C=O) groups excluding carboxylic acids is 1. The van der Waals surface area contributed by atoms with Crippen LogP contribution in [-0.4, -0.2) is 61.1 Å². The molecule has 2 heterocycles. The fraction of sp³-hybridized carbons (Fsp3) is 0.320. The Hall–Kier alpha value is -3.16. The van der Waals surface area contributed by atoms with E-state index in [9.17, 15) is 4.79 Å². The van der Waals surface area contributed by atoms with Gasteiger partial charge in [-0.3, -0.25) is 4.79 Å². The van der Waals surface area contributed by atoms with E-state index in [1.807, 2.05) is 6.07 Å². The summed E-state index contributed by atoms with van der Waals surface area (Å²) in [5, 5.41) is 3.40. The highest BCUT2D eigenvalue weighted by molar-refractivity contribution is 6.30. The number of nitrogens with zero attached hydrogens (tertiary/aromatic N) is 4.